The Bertz CT molecular complexity index is 416. The first-order chi connectivity index (χ1) is 8.72. The van der Waals surface area contributed by atoms with Gasteiger partial charge in [-0.15, -0.1) is 6.42 Å². The lowest BCUT2D eigenvalue weighted by atomic mass is 10.2. The highest BCUT2D eigenvalue weighted by molar-refractivity contribution is 5.05. The van der Waals surface area contributed by atoms with Crippen molar-refractivity contribution in [2.75, 3.05) is 6.61 Å². The van der Waals surface area contributed by atoms with E-state index in [1.54, 1.807) is 6.20 Å². The number of hydrogen-bond acceptors (Lipinski definition) is 3. The zero-order valence-electron chi connectivity index (χ0n) is 11.0. The molecular formula is C14H20N2O2. The second kappa shape index (κ2) is 6.03. The van der Waals surface area contributed by atoms with Crippen LogP contribution in [-0.4, -0.2) is 22.4 Å². The molecule has 3 atom stereocenters. The van der Waals surface area contributed by atoms with Crippen LogP contribution in [0, 0.1) is 12.3 Å². The predicted molar refractivity (Wildman–Crippen MR) is 68.9 cm³/mol. The third-order valence-corrected chi connectivity index (χ3v) is 3.21. The van der Waals surface area contributed by atoms with Gasteiger partial charge in [-0.05, 0) is 33.1 Å². The lowest BCUT2D eigenvalue weighted by Crippen LogP contribution is -2.25. The summed E-state index contributed by atoms with van der Waals surface area (Å²) in [7, 11) is 0. The van der Waals surface area contributed by atoms with Gasteiger partial charge < -0.3 is 14.0 Å². The van der Waals surface area contributed by atoms with E-state index in [0.717, 1.165) is 31.7 Å². The van der Waals surface area contributed by atoms with Crippen LogP contribution in [0.2, 0.25) is 0 Å². The third-order valence-electron chi connectivity index (χ3n) is 3.21. The largest absolute Gasteiger partial charge is 0.353 e. The van der Waals surface area contributed by atoms with Crippen molar-refractivity contribution in [3.63, 3.8) is 0 Å². The summed E-state index contributed by atoms with van der Waals surface area (Å²) in [6.07, 6.45) is 12.1. The van der Waals surface area contributed by atoms with E-state index in [1.807, 2.05) is 24.6 Å². The Morgan fingerprint density at radius 2 is 2.39 bits per heavy atom. The number of rotatable bonds is 4. The van der Waals surface area contributed by atoms with Crippen molar-refractivity contribution in [2.24, 2.45) is 0 Å². The summed E-state index contributed by atoms with van der Waals surface area (Å²) < 4.78 is 13.4. The molecule has 4 heteroatoms. The molecular weight excluding hydrogens is 228 g/mol. The Labute approximate surface area is 108 Å². The van der Waals surface area contributed by atoms with Gasteiger partial charge in [0.1, 0.15) is 11.9 Å². The minimum Gasteiger partial charge on any atom is -0.353 e. The first kappa shape index (κ1) is 13.1. The first-order valence-electron chi connectivity index (χ1n) is 6.48. The van der Waals surface area contributed by atoms with Crippen molar-refractivity contribution < 1.29 is 9.47 Å². The standard InChI is InChI=1S/C14H20N2O2/c1-4-11(2)16-9-8-15-14(16)12(3)18-13-7-5-6-10-17-13/h1,8-9,11-13H,5-7,10H2,2-3H3/t11?,12-,13?/m0/s1. The van der Waals surface area contributed by atoms with Crippen molar-refractivity contribution in [1.82, 2.24) is 9.55 Å². The molecule has 0 saturated carbocycles. The molecule has 0 spiro atoms. The lowest BCUT2D eigenvalue weighted by molar-refractivity contribution is -0.188. The Morgan fingerprint density at radius 1 is 1.56 bits per heavy atom. The van der Waals surface area contributed by atoms with E-state index in [0.29, 0.717) is 0 Å². The highest BCUT2D eigenvalue weighted by atomic mass is 16.7. The van der Waals surface area contributed by atoms with Crippen molar-refractivity contribution in [3.05, 3.63) is 18.2 Å². The average Bonchev–Trinajstić information content (AvgIpc) is 2.88. The molecule has 1 aliphatic heterocycles. The fraction of sp³-hybridized carbons (Fsp3) is 0.643. The molecule has 0 radical (unpaired) electrons. The molecule has 4 nitrogen and oxygen atoms in total. The molecule has 0 amide bonds. The molecule has 18 heavy (non-hydrogen) atoms. The van der Waals surface area contributed by atoms with Gasteiger partial charge in [0.15, 0.2) is 6.29 Å². The summed E-state index contributed by atoms with van der Waals surface area (Å²) in [5.41, 5.74) is 0. The number of ether oxygens (including phenoxy) is 2. The van der Waals surface area contributed by atoms with Crippen LogP contribution in [-0.2, 0) is 9.47 Å². The van der Waals surface area contributed by atoms with Gasteiger partial charge in [-0.1, -0.05) is 5.92 Å². The van der Waals surface area contributed by atoms with Gasteiger partial charge in [-0.2, -0.15) is 0 Å². The zero-order chi connectivity index (χ0) is 13.0. The van der Waals surface area contributed by atoms with E-state index in [1.165, 1.54) is 0 Å². The predicted octanol–water partition coefficient (Wildman–Crippen LogP) is 2.68. The van der Waals surface area contributed by atoms with Crippen LogP contribution in [0.1, 0.15) is 51.1 Å². The maximum atomic E-state index is 5.90. The van der Waals surface area contributed by atoms with Crippen molar-refractivity contribution in [3.8, 4) is 12.3 Å². The molecule has 98 valence electrons. The van der Waals surface area contributed by atoms with E-state index in [2.05, 4.69) is 10.9 Å². The maximum absolute atomic E-state index is 5.90. The molecule has 1 saturated heterocycles. The summed E-state index contributed by atoms with van der Waals surface area (Å²) in [6.45, 7) is 4.74. The van der Waals surface area contributed by atoms with Crippen LogP contribution < -0.4 is 0 Å². The normalized spacial score (nSPS) is 23.3. The number of imidazole rings is 1. The molecule has 2 unspecified atom stereocenters. The van der Waals surface area contributed by atoms with E-state index < -0.39 is 0 Å². The molecule has 1 aromatic rings. The van der Waals surface area contributed by atoms with E-state index in [-0.39, 0.29) is 18.4 Å². The number of aromatic nitrogens is 2. The number of hydrogen-bond donors (Lipinski definition) is 0. The molecule has 2 heterocycles. The highest BCUT2D eigenvalue weighted by Crippen LogP contribution is 2.24. The van der Waals surface area contributed by atoms with Crippen LogP contribution in [0.25, 0.3) is 0 Å². The maximum Gasteiger partial charge on any atom is 0.158 e. The van der Waals surface area contributed by atoms with Gasteiger partial charge in [-0.3, -0.25) is 0 Å². The minimum atomic E-state index is -0.112. The summed E-state index contributed by atoms with van der Waals surface area (Å²) >= 11 is 0. The second-order valence-electron chi connectivity index (χ2n) is 4.61. The van der Waals surface area contributed by atoms with Crippen LogP contribution in [0.4, 0.5) is 0 Å². The van der Waals surface area contributed by atoms with E-state index >= 15 is 0 Å². The fourth-order valence-electron chi connectivity index (χ4n) is 2.15. The van der Waals surface area contributed by atoms with Crippen molar-refractivity contribution in [2.45, 2.75) is 51.5 Å². The molecule has 0 N–H and O–H groups in total. The quantitative estimate of drug-likeness (QED) is 0.769. The van der Waals surface area contributed by atoms with Crippen molar-refractivity contribution in [1.29, 1.82) is 0 Å². The Balaban J connectivity index is 2.02. The van der Waals surface area contributed by atoms with Gasteiger partial charge in [-0.25, -0.2) is 4.98 Å². The summed E-state index contributed by atoms with van der Waals surface area (Å²) in [6, 6.07) is -0.0131. The molecule has 1 fully saturated rings. The van der Waals surface area contributed by atoms with Crippen molar-refractivity contribution >= 4 is 0 Å². The highest BCUT2D eigenvalue weighted by Gasteiger charge is 2.21. The Hall–Kier alpha value is -1.31. The minimum absolute atomic E-state index is 0.0131. The third kappa shape index (κ3) is 2.92. The zero-order valence-corrected chi connectivity index (χ0v) is 11.0. The molecule has 2 rings (SSSR count). The van der Waals surface area contributed by atoms with Crippen LogP contribution in [0.5, 0.6) is 0 Å². The van der Waals surface area contributed by atoms with Gasteiger partial charge in [0, 0.05) is 19.0 Å². The van der Waals surface area contributed by atoms with Gasteiger partial charge in [0.05, 0.1) is 6.04 Å². The monoisotopic (exact) mass is 248 g/mol. The fourth-order valence-corrected chi connectivity index (χ4v) is 2.15. The lowest BCUT2D eigenvalue weighted by Gasteiger charge is -2.26. The molecule has 1 aliphatic rings. The molecule has 0 aromatic carbocycles. The van der Waals surface area contributed by atoms with Crippen LogP contribution >= 0.6 is 0 Å². The summed E-state index contributed by atoms with van der Waals surface area (Å²) in [5.74, 6) is 3.56. The van der Waals surface area contributed by atoms with Crippen LogP contribution in [0.3, 0.4) is 0 Å². The summed E-state index contributed by atoms with van der Waals surface area (Å²) in [4.78, 5) is 4.34. The second-order valence-corrected chi connectivity index (χ2v) is 4.61. The summed E-state index contributed by atoms with van der Waals surface area (Å²) in [5, 5.41) is 0. The Morgan fingerprint density at radius 3 is 3.06 bits per heavy atom. The molecule has 0 aliphatic carbocycles. The first-order valence-corrected chi connectivity index (χ1v) is 6.48. The van der Waals surface area contributed by atoms with Gasteiger partial charge in [0.25, 0.3) is 0 Å². The van der Waals surface area contributed by atoms with Gasteiger partial charge >= 0.3 is 0 Å². The smallest absolute Gasteiger partial charge is 0.158 e. The number of nitrogens with zero attached hydrogens (tertiary/aromatic N) is 2. The Kier molecular flexibility index (Phi) is 4.40. The SMILES string of the molecule is C#CC(C)n1ccnc1[C@H](C)OC1CCCCO1. The number of terminal acetylenes is 1. The topological polar surface area (TPSA) is 36.3 Å². The molecule has 1 aromatic heterocycles. The van der Waals surface area contributed by atoms with Gasteiger partial charge in [0.2, 0.25) is 0 Å². The van der Waals surface area contributed by atoms with E-state index in [9.17, 15) is 0 Å². The van der Waals surface area contributed by atoms with E-state index in [4.69, 9.17) is 15.9 Å². The molecule has 0 bridgehead atoms. The van der Waals surface area contributed by atoms with Crippen LogP contribution in [0.15, 0.2) is 12.4 Å². The average molecular weight is 248 g/mol.